The maximum Gasteiger partial charge on any atom is 0.196 e. The molecule has 0 aromatic heterocycles. The average Bonchev–Trinajstić information content (AvgIpc) is 2.61. The van der Waals surface area contributed by atoms with Crippen LogP contribution < -0.4 is 0 Å². The zero-order valence-corrected chi connectivity index (χ0v) is 14.3. The van der Waals surface area contributed by atoms with Gasteiger partial charge in [0.2, 0.25) is 0 Å². The van der Waals surface area contributed by atoms with Gasteiger partial charge < -0.3 is 0 Å². The molecule has 0 atom stereocenters. The molecule has 1 fully saturated rings. The molecule has 1 saturated carbocycles. The summed E-state index contributed by atoms with van der Waals surface area (Å²) in [6, 6.07) is 8.36. The number of hydrogen-bond donors (Lipinski definition) is 0. The van der Waals surface area contributed by atoms with Crippen LogP contribution in [0.5, 0.6) is 0 Å². The first-order chi connectivity index (χ1) is 11.7. The van der Waals surface area contributed by atoms with Gasteiger partial charge in [0.25, 0.3) is 0 Å². The van der Waals surface area contributed by atoms with Gasteiger partial charge in [-0.2, -0.15) is 9.65 Å². The summed E-state index contributed by atoms with van der Waals surface area (Å²) in [7, 11) is 0. The molecule has 1 aliphatic carbocycles. The Bertz CT molecular complexity index is 548. The lowest BCUT2D eigenvalue weighted by Crippen LogP contribution is -2.14. The fraction of sp³-hybridized carbons (Fsp3) is 0.571. The number of halogens is 2. The standard InChI is InChI=1S/C21H27F2N/c22-20-14-12-18(13-15-20)5-2-1-4-17-8-10-19(11-9-17)6-3-7-21(23)16-24/h7,12-15,17,19H,1-6,8-11H2/t17-,19-. The third-order valence-electron chi connectivity index (χ3n) is 5.21. The highest BCUT2D eigenvalue weighted by molar-refractivity contribution is 5.16. The van der Waals surface area contributed by atoms with Crippen molar-refractivity contribution < 1.29 is 8.78 Å². The normalized spacial score (nSPS) is 21.5. The van der Waals surface area contributed by atoms with E-state index in [1.165, 1.54) is 74.8 Å². The van der Waals surface area contributed by atoms with Gasteiger partial charge in [-0.1, -0.05) is 50.7 Å². The number of benzene rings is 1. The van der Waals surface area contributed by atoms with E-state index in [1.807, 2.05) is 12.1 Å². The van der Waals surface area contributed by atoms with Crippen LogP contribution in [0.2, 0.25) is 0 Å². The average molecular weight is 331 g/mol. The van der Waals surface area contributed by atoms with E-state index < -0.39 is 5.83 Å². The number of nitriles is 1. The first-order valence-electron chi connectivity index (χ1n) is 9.17. The fourth-order valence-corrected chi connectivity index (χ4v) is 3.71. The Labute approximate surface area is 144 Å². The largest absolute Gasteiger partial charge is 0.207 e. The summed E-state index contributed by atoms with van der Waals surface area (Å²) in [5, 5.41) is 8.38. The molecule has 3 heteroatoms. The predicted octanol–water partition coefficient (Wildman–Crippen LogP) is 6.50. The highest BCUT2D eigenvalue weighted by Gasteiger charge is 2.20. The highest BCUT2D eigenvalue weighted by Crippen LogP contribution is 2.34. The zero-order chi connectivity index (χ0) is 17.2. The Kier molecular flexibility index (Phi) is 7.95. The molecular weight excluding hydrogens is 304 g/mol. The summed E-state index contributed by atoms with van der Waals surface area (Å²) in [4.78, 5) is 0. The molecule has 0 spiro atoms. The van der Waals surface area contributed by atoms with Crippen molar-refractivity contribution >= 4 is 0 Å². The molecule has 2 rings (SSSR count). The molecule has 130 valence electrons. The summed E-state index contributed by atoms with van der Waals surface area (Å²) in [5.41, 5.74) is 1.22. The second-order valence-corrected chi connectivity index (χ2v) is 7.00. The van der Waals surface area contributed by atoms with Gasteiger partial charge in [-0.15, -0.1) is 0 Å². The third-order valence-corrected chi connectivity index (χ3v) is 5.21. The van der Waals surface area contributed by atoms with Crippen molar-refractivity contribution in [2.45, 2.75) is 64.2 Å². The molecular formula is C21H27F2N. The van der Waals surface area contributed by atoms with E-state index in [-0.39, 0.29) is 5.82 Å². The molecule has 0 bridgehead atoms. The number of rotatable bonds is 8. The van der Waals surface area contributed by atoms with E-state index in [0.29, 0.717) is 12.3 Å². The van der Waals surface area contributed by atoms with Crippen LogP contribution in [0.4, 0.5) is 8.78 Å². The van der Waals surface area contributed by atoms with Gasteiger partial charge in [-0.05, 0) is 61.3 Å². The molecule has 24 heavy (non-hydrogen) atoms. The topological polar surface area (TPSA) is 23.8 Å². The van der Waals surface area contributed by atoms with Crippen LogP contribution in [-0.2, 0) is 6.42 Å². The number of nitrogens with zero attached hydrogens (tertiary/aromatic N) is 1. The van der Waals surface area contributed by atoms with Crippen LogP contribution in [0, 0.1) is 29.0 Å². The Morgan fingerprint density at radius 1 is 1.04 bits per heavy atom. The quantitative estimate of drug-likeness (QED) is 0.394. The molecule has 0 amide bonds. The maximum absolute atomic E-state index is 12.8. The summed E-state index contributed by atoms with van der Waals surface area (Å²) in [6.45, 7) is 0. The van der Waals surface area contributed by atoms with Crippen LogP contribution in [0.1, 0.15) is 63.4 Å². The SMILES string of the molecule is N#CC(F)=CCC[C@H]1CC[C@H](CCCCc2ccc(F)cc2)CC1. The third kappa shape index (κ3) is 6.83. The molecule has 1 nitrogen and oxygen atoms in total. The number of hydrogen-bond acceptors (Lipinski definition) is 1. The first-order valence-corrected chi connectivity index (χ1v) is 9.17. The van der Waals surface area contributed by atoms with E-state index in [4.69, 9.17) is 5.26 Å². The minimum Gasteiger partial charge on any atom is -0.207 e. The minimum absolute atomic E-state index is 0.165. The fourth-order valence-electron chi connectivity index (χ4n) is 3.71. The summed E-state index contributed by atoms with van der Waals surface area (Å²) < 4.78 is 25.6. The van der Waals surface area contributed by atoms with Crippen LogP contribution in [0.25, 0.3) is 0 Å². The number of allylic oxidation sites excluding steroid dienone is 2. The van der Waals surface area contributed by atoms with Gasteiger partial charge in [0.05, 0.1) is 0 Å². The van der Waals surface area contributed by atoms with Crippen molar-refractivity contribution in [1.82, 2.24) is 0 Å². The van der Waals surface area contributed by atoms with Gasteiger partial charge >= 0.3 is 0 Å². The molecule has 1 aromatic rings. The molecule has 1 aromatic carbocycles. The summed E-state index contributed by atoms with van der Waals surface area (Å²) >= 11 is 0. The van der Waals surface area contributed by atoms with Gasteiger partial charge in [0, 0.05) is 0 Å². The number of aryl methyl sites for hydroxylation is 1. The predicted molar refractivity (Wildman–Crippen MR) is 93.4 cm³/mol. The van der Waals surface area contributed by atoms with E-state index in [2.05, 4.69) is 0 Å². The van der Waals surface area contributed by atoms with Crippen molar-refractivity contribution in [3.8, 4) is 6.07 Å². The van der Waals surface area contributed by atoms with Crippen molar-refractivity contribution in [3.05, 3.63) is 47.5 Å². The second kappa shape index (κ2) is 10.2. The molecule has 0 N–H and O–H groups in total. The highest BCUT2D eigenvalue weighted by atomic mass is 19.1. The van der Waals surface area contributed by atoms with Crippen molar-refractivity contribution in [2.24, 2.45) is 11.8 Å². The lowest BCUT2D eigenvalue weighted by molar-refractivity contribution is 0.250. The lowest BCUT2D eigenvalue weighted by Gasteiger charge is -2.28. The molecule has 0 radical (unpaired) electrons. The smallest absolute Gasteiger partial charge is 0.196 e. The van der Waals surface area contributed by atoms with Crippen LogP contribution >= 0.6 is 0 Å². The molecule has 0 unspecified atom stereocenters. The first kappa shape index (κ1) is 18.6. The van der Waals surface area contributed by atoms with E-state index in [9.17, 15) is 8.78 Å². The Hall–Kier alpha value is -1.69. The Balaban J connectivity index is 1.55. The Morgan fingerprint density at radius 2 is 1.67 bits per heavy atom. The van der Waals surface area contributed by atoms with Gasteiger partial charge in [-0.3, -0.25) is 0 Å². The molecule has 0 saturated heterocycles. The van der Waals surface area contributed by atoms with Crippen molar-refractivity contribution in [2.75, 3.05) is 0 Å². The monoisotopic (exact) mass is 331 g/mol. The second-order valence-electron chi connectivity index (χ2n) is 7.00. The molecule has 0 heterocycles. The zero-order valence-electron chi connectivity index (χ0n) is 14.3. The molecule has 0 aliphatic heterocycles. The Morgan fingerprint density at radius 3 is 2.29 bits per heavy atom. The molecule has 1 aliphatic rings. The number of unbranched alkanes of at least 4 members (excludes halogenated alkanes) is 1. The summed E-state index contributed by atoms with van der Waals surface area (Å²) in [5.74, 6) is 0.718. The van der Waals surface area contributed by atoms with Crippen LogP contribution in [0.15, 0.2) is 36.2 Å². The van der Waals surface area contributed by atoms with E-state index in [0.717, 1.165) is 18.8 Å². The van der Waals surface area contributed by atoms with E-state index >= 15 is 0 Å². The lowest BCUT2D eigenvalue weighted by atomic mass is 9.78. The van der Waals surface area contributed by atoms with Gasteiger partial charge in [0.15, 0.2) is 5.83 Å². The van der Waals surface area contributed by atoms with E-state index in [1.54, 1.807) is 0 Å². The van der Waals surface area contributed by atoms with Crippen molar-refractivity contribution in [1.29, 1.82) is 5.26 Å². The van der Waals surface area contributed by atoms with Gasteiger partial charge in [0.1, 0.15) is 11.9 Å². The maximum atomic E-state index is 12.8. The van der Waals surface area contributed by atoms with Crippen LogP contribution in [-0.4, -0.2) is 0 Å². The van der Waals surface area contributed by atoms with Gasteiger partial charge in [-0.25, -0.2) is 4.39 Å². The minimum atomic E-state index is -0.648. The van der Waals surface area contributed by atoms with Crippen molar-refractivity contribution in [3.63, 3.8) is 0 Å². The summed E-state index contributed by atoms with van der Waals surface area (Å²) in [6.07, 6.45) is 12.9. The van der Waals surface area contributed by atoms with Crippen LogP contribution in [0.3, 0.4) is 0 Å².